The van der Waals surface area contributed by atoms with E-state index in [0.717, 1.165) is 11.3 Å². The summed E-state index contributed by atoms with van der Waals surface area (Å²) in [4.78, 5) is 12.3. The molecule has 1 amide bonds. The minimum absolute atomic E-state index is 0.266. The number of anilines is 1. The van der Waals surface area contributed by atoms with Crippen molar-refractivity contribution >= 4 is 17.7 Å². The van der Waals surface area contributed by atoms with Gasteiger partial charge in [-0.3, -0.25) is 4.79 Å². The molecule has 0 radical (unpaired) electrons. The van der Waals surface area contributed by atoms with Crippen LogP contribution in [-0.4, -0.2) is 20.1 Å². The van der Waals surface area contributed by atoms with E-state index >= 15 is 0 Å². The fraction of sp³-hybridized carbons (Fsp3) is 0.0870. The first kappa shape index (κ1) is 19.0. The van der Waals surface area contributed by atoms with E-state index in [9.17, 15) is 4.79 Å². The first-order valence-electron chi connectivity index (χ1n) is 8.72. The zero-order chi connectivity index (χ0) is 19.8. The van der Waals surface area contributed by atoms with Gasteiger partial charge in [0.15, 0.2) is 0 Å². The third-order valence-corrected chi connectivity index (χ3v) is 3.93. The van der Waals surface area contributed by atoms with Crippen LogP contribution in [-0.2, 0) is 4.79 Å². The van der Waals surface area contributed by atoms with Crippen LogP contribution in [0.4, 0.5) is 5.69 Å². The number of rotatable bonds is 7. The Balaban J connectivity index is 1.67. The molecule has 5 nitrogen and oxygen atoms in total. The van der Waals surface area contributed by atoms with Crippen molar-refractivity contribution in [3.05, 3.63) is 84.4 Å². The lowest BCUT2D eigenvalue weighted by Gasteiger charge is -2.10. The smallest absolute Gasteiger partial charge is 0.248 e. The molecule has 0 atom stereocenters. The molecule has 3 aromatic carbocycles. The maximum absolute atomic E-state index is 12.3. The summed E-state index contributed by atoms with van der Waals surface area (Å²) in [5, 5.41) is 2.80. The van der Waals surface area contributed by atoms with E-state index in [4.69, 9.17) is 14.2 Å². The van der Waals surface area contributed by atoms with Gasteiger partial charge in [0, 0.05) is 12.1 Å². The van der Waals surface area contributed by atoms with Gasteiger partial charge in [-0.15, -0.1) is 0 Å². The molecule has 0 aliphatic rings. The first-order chi connectivity index (χ1) is 13.7. The summed E-state index contributed by atoms with van der Waals surface area (Å²) in [5.41, 5.74) is 1.42. The molecule has 5 heteroatoms. The SMILES string of the molecule is COc1ccc(NC(=O)/C=C/c2cccc(Oc3ccccc3)c2)c(OC)c1. The second-order valence-electron chi connectivity index (χ2n) is 5.88. The molecule has 3 rings (SSSR count). The molecule has 0 aliphatic heterocycles. The van der Waals surface area contributed by atoms with Gasteiger partial charge in [-0.1, -0.05) is 30.3 Å². The summed E-state index contributed by atoms with van der Waals surface area (Å²) in [6, 6.07) is 22.2. The van der Waals surface area contributed by atoms with Crippen molar-refractivity contribution in [3.8, 4) is 23.0 Å². The highest BCUT2D eigenvalue weighted by molar-refractivity contribution is 6.02. The number of methoxy groups -OCH3 is 2. The molecule has 0 spiro atoms. The average molecular weight is 375 g/mol. The number of hydrogen-bond donors (Lipinski definition) is 1. The van der Waals surface area contributed by atoms with Crippen LogP contribution in [0.25, 0.3) is 6.08 Å². The number of hydrogen-bond acceptors (Lipinski definition) is 4. The molecule has 0 fully saturated rings. The van der Waals surface area contributed by atoms with Crippen LogP contribution in [0.2, 0.25) is 0 Å². The Hall–Kier alpha value is -3.73. The van der Waals surface area contributed by atoms with Crippen LogP contribution >= 0.6 is 0 Å². The van der Waals surface area contributed by atoms with E-state index in [1.54, 1.807) is 38.5 Å². The molecular formula is C23H21NO4. The third kappa shape index (κ3) is 5.14. The van der Waals surface area contributed by atoms with Gasteiger partial charge in [-0.2, -0.15) is 0 Å². The standard InChI is InChI=1S/C23H21NO4/c1-26-19-12-13-21(22(16-19)27-2)24-23(25)14-11-17-7-6-10-20(15-17)28-18-8-4-3-5-9-18/h3-16H,1-2H3,(H,24,25)/b14-11+. The quantitative estimate of drug-likeness (QED) is 0.581. The molecule has 0 heterocycles. The molecule has 0 saturated heterocycles. The summed E-state index contributed by atoms with van der Waals surface area (Å²) in [6.07, 6.45) is 3.19. The summed E-state index contributed by atoms with van der Waals surface area (Å²) in [5.74, 6) is 2.37. The van der Waals surface area contributed by atoms with E-state index in [0.29, 0.717) is 22.9 Å². The monoisotopic (exact) mass is 375 g/mol. The van der Waals surface area contributed by atoms with Gasteiger partial charge >= 0.3 is 0 Å². The van der Waals surface area contributed by atoms with E-state index in [1.165, 1.54) is 6.08 Å². The lowest BCUT2D eigenvalue weighted by Crippen LogP contribution is -2.09. The minimum Gasteiger partial charge on any atom is -0.497 e. The van der Waals surface area contributed by atoms with Crippen molar-refractivity contribution in [1.82, 2.24) is 0 Å². The number of carbonyl (C=O) groups excluding carboxylic acids is 1. The fourth-order valence-electron chi connectivity index (χ4n) is 2.55. The minimum atomic E-state index is -0.266. The van der Waals surface area contributed by atoms with Crippen LogP contribution < -0.4 is 19.5 Å². The molecule has 28 heavy (non-hydrogen) atoms. The van der Waals surface area contributed by atoms with Crippen LogP contribution in [0.1, 0.15) is 5.56 Å². The summed E-state index contributed by atoms with van der Waals surface area (Å²) in [6.45, 7) is 0. The molecule has 0 unspecified atom stereocenters. The average Bonchev–Trinajstić information content (AvgIpc) is 2.73. The predicted molar refractivity (Wildman–Crippen MR) is 110 cm³/mol. The molecule has 0 aromatic heterocycles. The largest absolute Gasteiger partial charge is 0.497 e. The van der Waals surface area contributed by atoms with Crippen molar-refractivity contribution in [3.63, 3.8) is 0 Å². The fourth-order valence-corrected chi connectivity index (χ4v) is 2.55. The normalized spacial score (nSPS) is 10.5. The number of nitrogens with one attached hydrogen (secondary N) is 1. The number of carbonyl (C=O) groups is 1. The van der Waals surface area contributed by atoms with Gasteiger partial charge in [-0.25, -0.2) is 0 Å². The van der Waals surface area contributed by atoms with Crippen LogP contribution in [0.3, 0.4) is 0 Å². The van der Waals surface area contributed by atoms with E-state index in [-0.39, 0.29) is 5.91 Å². The molecule has 3 aromatic rings. The Morgan fingerprint density at radius 3 is 2.36 bits per heavy atom. The lowest BCUT2D eigenvalue weighted by molar-refractivity contribution is -0.111. The Kier molecular flexibility index (Phi) is 6.31. The van der Waals surface area contributed by atoms with Crippen molar-refractivity contribution < 1.29 is 19.0 Å². The van der Waals surface area contributed by atoms with E-state index in [1.807, 2.05) is 54.6 Å². The Bertz CT molecular complexity index is 967. The Morgan fingerprint density at radius 1 is 0.821 bits per heavy atom. The zero-order valence-electron chi connectivity index (χ0n) is 15.7. The zero-order valence-corrected chi connectivity index (χ0v) is 15.7. The van der Waals surface area contributed by atoms with Crippen molar-refractivity contribution in [2.45, 2.75) is 0 Å². The number of ether oxygens (including phenoxy) is 3. The topological polar surface area (TPSA) is 56.8 Å². The molecule has 0 aliphatic carbocycles. The Labute approximate surface area is 164 Å². The molecular weight excluding hydrogens is 354 g/mol. The van der Waals surface area contributed by atoms with Crippen molar-refractivity contribution in [2.75, 3.05) is 19.5 Å². The maximum Gasteiger partial charge on any atom is 0.248 e. The first-order valence-corrected chi connectivity index (χ1v) is 8.72. The Morgan fingerprint density at radius 2 is 1.61 bits per heavy atom. The second kappa shape index (κ2) is 9.28. The van der Waals surface area contributed by atoms with Gasteiger partial charge in [-0.05, 0) is 48.0 Å². The van der Waals surface area contributed by atoms with E-state index in [2.05, 4.69) is 5.32 Å². The number of benzene rings is 3. The maximum atomic E-state index is 12.3. The van der Waals surface area contributed by atoms with Gasteiger partial charge < -0.3 is 19.5 Å². The van der Waals surface area contributed by atoms with Crippen LogP contribution in [0.15, 0.2) is 78.9 Å². The second-order valence-corrected chi connectivity index (χ2v) is 5.88. The van der Waals surface area contributed by atoms with E-state index < -0.39 is 0 Å². The van der Waals surface area contributed by atoms with Gasteiger partial charge in [0.25, 0.3) is 0 Å². The lowest BCUT2D eigenvalue weighted by atomic mass is 10.2. The van der Waals surface area contributed by atoms with Crippen molar-refractivity contribution in [2.24, 2.45) is 0 Å². The highest BCUT2D eigenvalue weighted by atomic mass is 16.5. The van der Waals surface area contributed by atoms with Gasteiger partial charge in [0.1, 0.15) is 23.0 Å². The molecule has 0 bridgehead atoms. The summed E-state index contributed by atoms with van der Waals surface area (Å²) < 4.78 is 16.3. The molecule has 1 N–H and O–H groups in total. The summed E-state index contributed by atoms with van der Waals surface area (Å²) in [7, 11) is 3.11. The summed E-state index contributed by atoms with van der Waals surface area (Å²) >= 11 is 0. The highest BCUT2D eigenvalue weighted by Crippen LogP contribution is 2.29. The number of amides is 1. The van der Waals surface area contributed by atoms with Gasteiger partial charge in [0.05, 0.1) is 19.9 Å². The predicted octanol–water partition coefficient (Wildman–Crippen LogP) is 5.15. The number of para-hydroxylation sites is 1. The van der Waals surface area contributed by atoms with Crippen LogP contribution in [0.5, 0.6) is 23.0 Å². The van der Waals surface area contributed by atoms with Crippen LogP contribution in [0, 0.1) is 0 Å². The van der Waals surface area contributed by atoms with Crippen molar-refractivity contribution in [1.29, 1.82) is 0 Å². The molecule has 142 valence electrons. The third-order valence-electron chi connectivity index (χ3n) is 3.93. The van der Waals surface area contributed by atoms with Gasteiger partial charge in [0.2, 0.25) is 5.91 Å². The highest BCUT2D eigenvalue weighted by Gasteiger charge is 2.07. The molecule has 0 saturated carbocycles.